The van der Waals surface area contributed by atoms with Gasteiger partial charge in [0, 0.05) is 17.4 Å². The quantitative estimate of drug-likeness (QED) is 0.713. The fourth-order valence-corrected chi connectivity index (χ4v) is 7.93. The van der Waals surface area contributed by atoms with Gasteiger partial charge in [-0.05, 0) is 80.1 Å². The molecule has 1 aliphatic heterocycles. The third kappa shape index (κ3) is 3.56. The summed E-state index contributed by atoms with van der Waals surface area (Å²) in [6, 6.07) is -0.205. The lowest BCUT2D eigenvalue weighted by molar-refractivity contribution is -0.138. The Labute approximate surface area is 187 Å². The first-order valence-corrected chi connectivity index (χ1v) is 12.2. The van der Waals surface area contributed by atoms with Crippen molar-refractivity contribution < 1.29 is 14.4 Å². The number of ketones is 1. The Morgan fingerprint density at radius 3 is 2.45 bits per heavy atom. The summed E-state index contributed by atoms with van der Waals surface area (Å²) in [6.07, 6.45) is 10.2. The van der Waals surface area contributed by atoms with Crippen molar-refractivity contribution in [2.75, 3.05) is 0 Å². The molecule has 4 aliphatic rings. The summed E-state index contributed by atoms with van der Waals surface area (Å²) in [5.74, 6) is 1.82. The van der Waals surface area contributed by atoms with Crippen LogP contribution in [0.4, 0.5) is 0 Å². The van der Waals surface area contributed by atoms with E-state index in [0.29, 0.717) is 17.8 Å². The highest BCUT2D eigenvalue weighted by Crippen LogP contribution is 2.65. The fraction of sp³-hybridized carbons (Fsp3) is 0.808. The summed E-state index contributed by atoms with van der Waals surface area (Å²) >= 11 is 0. The molecular weight excluding hydrogens is 388 g/mol. The Hall–Kier alpha value is -1.65. The van der Waals surface area contributed by atoms with Crippen LogP contribution in [0, 0.1) is 39.9 Å². The highest BCUT2D eigenvalue weighted by atomic mass is 16.2. The predicted octanol–water partition coefficient (Wildman–Crippen LogP) is 4.02. The molecule has 3 fully saturated rings. The van der Waals surface area contributed by atoms with Crippen molar-refractivity contribution >= 4 is 17.6 Å². The van der Waals surface area contributed by atoms with Gasteiger partial charge in [-0.2, -0.15) is 0 Å². The average Bonchev–Trinajstić information content (AvgIpc) is 3.02. The Morgan fingerprint density at radius 1 is 1.10 bits per heavy atom. The summed E-state index contributed by atoms with van der Waals surface area (Å²) in [4.78, 5) is 37.6. The van der Waals surface area contributed by atoms with E-state index in [1.54, 1.807) is 13.0 Å². The number of carbonyl (C=O) groups is 3. The SMILES string of the molecule is CC(=O)C(NC(=O)[C@H]1CC[C@H]2[C@@H]3CC[C@H]4NC(=O)C=C[C@]4(C)[C@H]3CC[C@]12C)C(C)(C)C. The van der Waals surface area contributed by atoms with Gasteiger partial charge in [0.1, 0.15) is 0 Å². The maximum Gasteiger partial charge on any atom is 0.243 e. The number of nitrogens with one attached hydrogen (secondary N) is 2. The minimum absolute atomic E-state index is 0.00466. The second-order valence-corrected chi connectivity index (χ2v) is 12.3. The van der Waals surface area contributed by atoms with E-state index >= 15 is 0 Å². The molecule has 0 radical (unpaired) electrons. The van der Waals surface area contributed by atoms with Crippen LogP contribution in [-0.4, -0.2) is 29.7 Å². The fourth-order valence-electron chi connectivity index (χ4n) is 7.93. The Bertz CT molecular complexity index is 812. The van der Waals surface area contributed by atoms with Crippen molar-refractivity contribution in [2.24, 2.45) is 39.9 Å². The summed E-state index contributed by atoms with van der Waals surface area (Å²) in [5, 5.41) is 6.35. The Morgan fingerprint density at radius 2 is 1.81 bits per heavy atom. The zero-order chi connectivity index (χ0) is 22.8. The minimum atomic E-state index is -0.440. The molecule has 3 aliphatic carbocycles. The van der Waals surface area contributed by atoms with Gasteiger partial charge in [-0.25, -0.2) is 0 Å². The monoisotopic (exact) mass is 428 g/mol. The van der Waals surface area contributed by atoms with E-state index in [-0.39, 0.29) is 45.8 Å². The van der Waals surface area contributed by atoms with Crippen molar-refractivity contribution in [3.8, 4) is 0 Å². The number of rotatable bonds is 3. The molecule has 0 saturated heterocycles. The molecule has 1 unspecified atom stereocenters. The molecule has 0 bridgehead atoms. The largest absolute Gasteiger partial charge is 0.349 e. The highest BCUT2D eigenvalue weighted by molar-refractivity contribution is 5.90. The van der Waals surface area contributed by atoms with Crippen LogP contribution in [-0.2, 0) is 14.4 Å². The molecule has 5 nitrogen and oxygen atoms in total. The molecule has 3 saturated carbocycles. The summed E-state index contributed by atoms with van der Waals surface area (Å²) in [7, 11) is 0. The van der Waals surface area contributed by atoms with Gasteiger partial charge in [0.15, 0.2) is 5.78 Å². The zero-order valence-electron chi connectivity index (χ0n) is 20.1. The van der Waals surface area contributed by atoms with Gasteiger partial charge in [-0.3, -0.25) is 14.4 Å². The molecule has 0 aromatic carbocycles. The highest BCUT2D eigenvalue weighted by Gasteiger charge is 2.61. The van der Waals surface area contributed by atoms with E-state index < -0.39 is 6.04 Å². The number of hydrogen-bond donors (Lipinski definition) is 2. The average molecular weight is 429 g/mol. The molecule has 0 aromatic rings. The number of fused-ring (bicyclic) bond motifs is 5. The maximum atomic E-state index is 13.4. The molecule has 4 rings (SSSR count). The summed E-state index contributed by atoms with van der Waals surface area (Å²) < 4.78 is 0. The van der Waals surface area contributed by atoms with E-state index in [2.05, 4.69) is 30.6 Å². The van der Waals surface area contributed by atoms with Gasteiger partial charge in [0.05, 0.1) is 6.04 Å². The predicted molar refractivity (Wildman–Crippen MR) is 121 cm³/mol. The van der Waals surface area contributed by atoms with Gasteiger partial charge in [-0.15, -0.1) is 0 Å². The Kier molecular flexibility index (Phi) is 5.42. The second-order valence-electron chi connectivity index (χ2n) is 12.3. The molecule has 172 valence electrons. The van der Waals surface area contributed by atoms with Crippen molar-refractivity contribution in [1.29, 1.82) is 0 Å². The third-order valence-corrected chi connectivity index (χ3v) is 9.56. The first kappa shape index (κ1) is 22.5. The van der Waals surface area contributed by atoms with Gasteiger partial charge < -0.3 is 10.6 Å². The standard InChI is InChI=1S/C26H40N2O3/c1-15(29)22(24(2,3)4)28-23(31)19-9-8-17-16-7-10-20-26(6,14-12-21(30)27-20)18(16)11-13-25(17,19)5/h12,14,16-20,22H,7-11,13H2,1-6H3,(H,27,30)(H,28,31)/t16-,17-,18-,19+,20+,22?,25-,26+/m0/s1. The molecule has 1 heterocycles. The van der Waals surface area contributed by atoms with Crippen LogP contribution < -0.4 is 10.6 Å². The topological polar surface area (TPSA) is 75.3 Å². The zero-order valence-corrected chi connectivity index (χ0v) is 20.1. The lowest BCUT2D eigenvalue weighted by Gasteiger charge is -2.58. The lowest BCUT2D eigenvalue weighted by atomic mass is 9.48. The van der Waals surface area contributed by atoms with Crippen LogP contribution in [0.25, 0.3) is 0 Å². The van der Waals surface area contributed by atoms with Crippen LogP contribution in [0.1, 0.15) is 80.1 Å². The normalized spacial score (nSPS) is 42.6. The molecule has 5 heteroatoms. The van der Waals surface area contributed by atoms with Crippen molar-refractivity contribution in [1.82, 2.24) is 10.6 Å². The van der Waals surface area contributed by atoms with Crippen molar-refractivity contribution in [2.45, 2.75) is 92.2 Å². The van der Waals surface area contributed by atoms with Crippen LogP contribution in [0.2, 0.25) is 0 Å². The molecule has 0 spiro atoms. The summed E-state index contributed by atoms with van der Waals surface area (Å²) in [5.41, 5.74) is -0.275. The van der Waals surface area contributed by atoms with Crippen molar-refractivity contribution in [3.63, 3.8) is 0 Å². The first-order chi connectivity index (χ1) is 14.4. The number of amides is 2. The second kappa shape index (κ2) is 7.45. The van der Waals surface area contributed by atoms with Gasteiger partial charge in [-0.1, -0.05) is 40.7 Å². The van der Waals surface area contributed by atoms with E-state index in [0.717, 1.165) is 38.5 Å². The molecule has 0 aromatic heterocycles. The third-order valence-electron chi connectivity index (χ3n) is 9.56. The number of Topliss-reactive ketones (excluding diaryl/α,β-unsaturated/α-hetero) is 1. The first-order valence-electron chi connectivity index (χ1n) is 12.2. The van der Waals surface area contributed by atoms with Crippen LogP contribution in [0.3, 0.4) is 0 Å². The van der Waals surface area contributed by atoms with Crippen LogP contribution in [0.5, 0.6) is 0 Å². The Balaban J connectivity index is 1.55. The van der Waals surface area contributed by atoms with Crippen LogP contribution >= 0.6 is 0 Å². The van der Waals surface area contributed by atoms with Gasteiger partial charge in [0.25, 0.3) is 0 Å². The van der Waals surface area contributed by atoms with Gasteiger partial charge in [0.2, 0.25) is 11.8 Å². The molecule has 31 heavy (non-hydrogen) atoms. The lowest BCUT2D eigenvalue weighted by Crippen LogP contribution is -2.60. The van der Waals surface area contributed by atoms with E-state index in [1.807, 2.05) is 20.8 Å². The smallest absolute Gasteiger partial charge is 0.243 e. The molecule has 2 amide bonds. The van der Waals surface area contributed by atoms with E-state index in [4.69, 9.17) is 0 Å². The molecular formula is C26H40N2O3. The van der Waals surface area contributed by atoms with Crippen molar-refractivity contribution in [3.05, 3.63) is 12.2 Å². The van der Waals surface area contributed by atoms with E-state index in [9.17, 15) is 14.4 Å². The minimum Gasteiger partial charge on any atom is -0.349 e. The van der Waals surface area contributed by atoms with Crippen LogP contribution in [0.15, 0.2) is 12.2 Å². The molecule has 2 N–H and O–H groups in total. The number of hydrogen-bond acceptors (Lipinski definition) is 3. The maximum absolute atomic E-state index is 13.4. The molecule has 8 atom stereocenters. The van der Waals surface area contributed by atoms with E-state index in [1.165, 1.54) is 0 Å². The summed E-state index contributed by atoms with van der Waals surface area (Å²) in [6.45, 7) is 12.3. The number of carbonyl (C=O) groups excluding carboxylic acids is 3. The van der Waals surface area contributed by atoms with Gasteiger partial charge >= 0.3 is 0 Å².